The minimum Gasteiger partial charge on any atom is -0.318 e. The third kappa shape index (κ3) is 2.06. The molecule has 0 aromatic carbocycles. The van der Waals surface area contributed by atoms with Crippen molar-refractivity contribution in [3.63, 3.8) is 0 Å². The molecule has 4 heteroatoms. The van der Waals surface area contributed by atoms with Gasteiger partial charge in [0.1, 0.15) is 5.82 Å². The average molecular weight is 219 g/mol. The van der Waals surface area contributed by atoms with Crippen molar-refractivity contribution in [1.82, 2.24) is 9.97 Å². The van der Waals surface area contributed by atoms with E-state index in [2.05, 4.69) is 28.3 Å². The van der Waals surface area contributed by atoms with Crippen molar-refractivity contribution in [2.45, 2.75) is 19.9 Å². The van der Waals surface area contributed by atoms with E-state index in [1.54, 1.807) is 17.5 Å². The summed E-state index contributed by atoms with van der Waals surface area (Å²) >= 11 is 1.67. The van der Waals surface area contributed by atoms with E-state index in [0.717, 1.165) is 11.5 Å². The molecule has 0 aliphatic rings. The number of nitrogens with zero attached hydrogens (tertiary/aromatic N) is 2. The van der Waals surface area contributed by atoms with E-state index in [1.165, 1.54) is 10.4 Å². The largest absolute Gasteiger partial charge is 0.318 e. The van der Waals surface area contributed by atoms with Gasteiger partial charge >= 0.3 is 0 Å². The first-order chi connectivity index (χ1) is 7.18. The number of aryl methyl sites for hydroxylation is 2. The van der Waals surface area contributed by atoms with Gasteiger partial charge in [-0.15, -0.1) is 11.3 Å². The summed E-state index contributed by atoms with van der Waals surface area (Å²) < 4.78 is 0. The first-order valence-electron chi connectivity index (χ1n) is 4.77. The van der Waals surface area contributed by atoms with Crippen LogP contribution in [0.5, 0.6) is 0 Å². The summed E-state index contributed by atoms with van der Waals surface area (Å²) in [5.41, 5.74) is 8.26. The normalized spacial score (nSPS) is 12.7. The SMILES string of the molecule is Cc1nccc(C(N)c2sccc2C)n1. The summed E-state index contributed by atoms with van der Waals surface area (Å²) in [6.45, 7) is 3.94. The van der Waals surface area contributed by atoms with Gasteiger partial charge in [-0.2, -0.15) is 0 Å². The molecule has 0 radical (unpaired) electrons. The number of hydrogen-bond donors (Lipinski definition) is 1. The molecule has 2 aromatic rings. The summed E-state index contributed by atoms with van der Waals surface area (Å²) in [5, 5.41) is 2.05. The summed E-state index contributed by atoms with van der Waals surface area (Å²) in [7, 11) is 0. The Bertz CT molecular complexity index is 464. The molecular weight excluding hydrogens is 206 g/mol. The van der Waals surface area contributed by atoms with Crippen molar-refractivity contribution in [2.75, 3.05) is 0 Å². The van der Waals surface area contributed by atoms with Crippen LogP contribution in [-0.4, -0.2) is 9.97 Å². The predicted octanol–water partition coefficient (Wildman–Crippen LogP) is 2.20. The fourth-order valence-electron chi connectivity index (χ4n) is 1.49. The molecule has 0 amide bonds. The molecule has 1 unspecified atom stereocenters. The van der Waals surface area contributed by atoms with Crippen LogP contribution in [0.15, 0.2) is 23.7 Å². The number of aromatic nitrogens is 2. The maximum Gasteiger partial charge on any atom is 0.125 e. The molecule has 1 atom stereocenters. The quantitative estimate of drug-likeness (QED) is 0.842. The lowest BCUT2D eigenvalue weighted by Gasteiger charge is -2.10. The second kappa shape index (κ2) is 4.08. The van der Waals surface area contributed by atoms with Gasteiger partial charge in [-0.3, -0.25) is 0 Å². The Labute approximate surface area is 93.0 Å². The molecule has 0 saturated heterocycles. The summed E-state index contributed by atoms with van der Waals surface area (Å²) in [4.78, 5) is 9.58. The van der Waals surface area contributed by atoms with Crippen LogP contribution in [0.4, 0.5) is 0 Å². The Kier molecular flexibility index (Phi) is 2.79. The molecule has 2 heterocycles. The molecule has 0 bridgehead atoms. The van der Waals surface area contributed by atoms with Gasteiger partial charge in [0.15, 0.2) is 0 Å². The molecule has 0 aliphatic carbocycles. The van der Waals surface area contributed by atoms with E-state index in [9.17, 15) is 0 Å². The maximum absolute atomic E-state index is 6.15. The van der Waals surface area contributed by atoms with E-state index in [4.69, 9.17) is 5.73 Å². The van der Waals surface area contributed by atoms with Gasteiger partial charge in [-0.1, -0.05) is 0 Å². The molecule has 0 saturated carbocycles. The van der Waals surface area contributed by atoms with Gasteiger partial charge in [-0.05, 0) is 36.9 Å². The van der Waals surface area contributed by atoms with E-state index < -0.39 is 0 Å². The number of rotatable bonds is 2. The van der Waals surface area contributed by atoms with Crippen LogP contribution in [-0.2, 0) is 0 Å². The summed E-state index contributed by atoms with van der Waals surface area (Å²) in [6, 6.07) is 3.82. The Hall–Kier alpha value is -1.26. The van der Waals surface area contributed by atoms with Crippen LogP contribution in [0.1, 0.15) is 28.0 Å². The first-order valence-corrected chi connectivity index (χ1v) is 5.65. The number of thiophene rings is 1. The lowest BCUT2D eigenvalue weighted by Crippen LogP contribution is -2.13. The highest BCUT2D eigenvalue weighted by molar-refractivity contribution is 7.10. The topological polar surface area (TPSA) is 51.8 Å². The fourth-order valence-corrected chi connectivity index (χ4v) is 2.43. The Morgan fingerprint density at radius 1 is 1.33 bits per heavy atom. The van der Waals surface area contributed by atoms with Gasteiger partial charge < -0.3 is 5.73 Å². The molecule has 0 fully saturated rings. The fraction of sp³-hybridized carbons (Fsp3) is 0.273. The molecule has 0 spiro atoms. The Balaban J connectivity index is 2.36. The van der Waals surface area contributed by atoms with Crippen molar-refractivity contribution < 1.29 is 0 Å². The zero-order valence-corrected chi connectivity index (χ0v) is 9.58. The van der Waals surface area contributed by atoms with Crippen molar-refractivity contribution in [2.24, 2.45) is 5.73 Å². The highest BCUT2D eigenvalue weighted by Gasteiger charge is 2.13. The third-order valence-corrected chi connectivity index (χ3v) is 3.40. The van der Waals surface area contributed by atoms with Crippen LogP contribution in [0.3, 0.4) is 0 Å². The van der Waals surface area contributed by atoms with E-state index >= 15 is 0 Å². The highest BCUT2D eigenvalue weighted by Crippen LogP contribution is 2.26. The molecule has 2 aromatic heterocycles. The van der Waals surface area contributed by atoms with Crippen molar-refractivity contribution in [3.05, 3.63) is 45.7 Å². The second-order valence-electron chi connectivity index (χ2n) is 3.47. The Morgan fingerprint density at radius 2 is 2.13 bits per heavy atom. The molecule has 3 nitrogen and oxygen atoms in total. The van der Waals surface area contributed by atoms with Crippen LogP contribution in [0, 0.1) is 13.8 Å². The molecule has 2 N–H and O–H groups in total. The van der Waals surface area contributed by atoms with Crippen LogP contribution in [0.2, 0.25) is 0 Å². The second-order valence-corrected chi connectivity index (χ2v) is 4.42. The highest BCUT2D eigenvalue weighted by atomic mass is 32.1. The lowest BCUT2D eigenvalue weighted by atomic mass is 10.1. The lowest BCUT2D eigenvalue weighted by molar-refractivity contribution is 0.817. The van der Waals surface area contributed by atoms with E-state index in [1.807, 2.05) is 13.0 Å². The molecule has 15 heavy (non-hydrogen) atoms. The van der Waals surface area contributed by atoms with Gasteiger partial charge in [0.05, 0.1) is 11.7 Å². The van der Waals surface area contributed by atoms with E-state index in [0.29, 0.717) is 0 Å². The minimum atomic E-state index is -0.133. The van der Waals surface area contributed by atoms with Gasteiger partial charge in [0.2, 0.25) is 0 Å². The van der Waals surface area contributed by atoms with Crippen LogP contribution < -0.4 is 5.73 Å². The zero-order valence-electron chi connectivity index (χ0n) is 8.77. The smallest absolute Gasteiger partial charge is 0.125 e. The Morgan fingerprint density at radius 3 is 2.73 bits per heavy atom. The van der Waals surface area contributed by atoms with Gasteiger partial charge in [-0.25, -0.2) is 9.97 Å². The van der Waals surface area contributed by atoms with Crippen molar-refractivity contribution in [3.8, 4) is 0 Å². The van der Waals surface area contributed by atoms with Crippen LogP contribution >= 0.6 is 11.3 Å². The molecule has 78 valence electrons. The summed E-state index contributed by atoms with van der Waals surface area (Å²) in [6.07, 6.45) is 1.75. The monoisotopic (exact) mass is 219 g/mol. The molecule has 2 rings (SSSR count). The van der Waals surface area contributed by atoms with Crippen molar-refractivity contribution in [1.29, 1.82) is 0 Å². The number of hydrogen-bond acceptors (Lipinski definition) is 4. The standard InChI is InChI=1S/C11H13N3S/c1-7-4-6-15-11(7)10(12)9-3-5-13-8(2)14-9/h3-6,10H,12H2,1-2H3. The third-order valence-electron chi connectivity index (χ3n) is 2.30. The average Bonchev–Trinajstić information content (AvgIpc) is 2.63. The van der Waals surface area contributed by atoms with Gasteiger partial charge in [0, 0.05) is 11.1 Å². The zero-order chi connectivity index (χ0) is 10.8. The minimum absolute atomic E-state index is 0.133. The maximum atomic E-state index is 6.15. The van der Waals surface area contributed by atoms with Gasteiger partial charge in [0.25, 0.3) is 0 Å². The predicted molar refractivity (Wildman–Crippen MR) is 61.9 cm³/mol. The summed E-state index contributed by atoms with van der Waals surface area (Å²) in [5.74, 6) is 0.761. The molecular formula is C11H13N3S. The first kappa shape index (κ1) is 10.3. The number of nitrogens with two attached hydrogens (primary N) is 1. The van der Waals surface area contributed by atoms with Crippen LogP contribution in [0.25, 0.3) is 0 Å². The molecule has 0 aliphatic heterocycles. The van der Waals surface area contributed by atoms with E-state index in [-0.39, 0.29) is 6.04 Å². The van der Waals surface area contributed by atoms with Crippen molar-refractivity contribution >= 4 is 11.3 Å².